The number of rotatable bonds is 3. The van der Waals surface area contributed by atoms with Gasteiger partial charge in [-0.05, 0) is 18.2 Å². The van der Waals surface area contributed by atoms with Crippen LogP contribution in [0.5, 0.6) is 0 Å². The molecule has 0 aliphatic heterocycles. The highest BCUT2D eigenvalue weighted by molar-refractivity contribution is 9.10. The van der Waals surface area contributed by atoms with Crippen LogP contribution in [0.3, 0.4) is 0 Å². The number of carbonyl (C=O) groups excluding carboxylic acids is 1. The summed E-state index contributed by atoms with van der Waals surface area (Å²) < 4.78 is 10.9. The zero-order chi connectivity index (χ0) is 9.97. The van der Waals surface area contributed by atoms with Crippen molar-refractivity contribution < 1.29 is 13.9 Å². The van der Waals surface area contributed by atoms with Gasteiger partial charge in [-0.3, -0.25) is 4.79 Å². The first-order valence-corrected chi connectivity index (χ1v) is 4.81. The van der Waals surface area contributed by atoms with Crippen molar-refractivity contribution in [1.82, 2.24) is 0 Å². The molecular weight excluding hydrogens is 248 g/mol. The molecule has 72 valence electrons. The summed E-state index contributed by atoms with van der Waals surface area (Å²) in [4.78, 5) is 10.0. The number of ether oxygens (including phenoxy) is 1. The molecule has 2 aromatic rings. The average molecular weight is 255 g/mol. The normalized spacial score (nSPS) is 10.4. The first-order chi connectivity index (χ1) is 6.81. The summed E-state index contributed by atoms with van der Waals surface area (Å²) in [5.41, 5.74) is 1.66. The molecule has 0 amide bonds. The highest BCUT2D eigenvalue weighted by atomic mass is 79.9. The van der Waals surface area contributed by atoms with Gasteiger partial charge in [0.05, 0.1) is 6.26 Å². The number of furan rings is 1. The predicted octanol–water partition coefficient (Wildman–Crippen LogP) is 2.87. The van der Waals surface area contributed by atoms with E-state index in [1.165, 1.54) is 0 Å². The summed E-state index contributed by atoms with van der Waals surface area (Å²) in [6.45, 7) is 0.676. The molecule has 4 heteroatoms. The maximum Gasteiger partial charge on any atom is 0.293 e. The molecule has 1 aromatic heterocycles. The molecule has 0 aliphatic rings. The number of hydrogen-bond donors (Lipinski definition) is 0. The van der Waals surface area contributed by atoms with Crippen LogP contribution in [0.15, 0.2) is 33.4 Å². The van der Waals surface area contributed by atoms with Gasteiger partial charge in [0.1, 0.15) is 12.2 Å². The van der Waals surface area contributed by atoms with Crippen molar-refractivity contribution >= 4 is 33.4 Å². The Morgan fingerprint density at radius 3 is 3.14 bits per heavy atom. The van der Waals surface area contributed by atoms with Gasteiger partial charge in [-0.1, -0.05) is 15.9 Å². The van der Waals surface area contributed by atoms with Crippen LogP contribution in [-0.2, 0) is 16.1 Å². The molecule has 0 unspecified atom stereocenters. The van der Waals surface area contributed by atoms with E-state index >= 15 is 0 Å². The molecule has 1 heterocycles. The first-order valence-electron chi connectivity index (χ1n) is 4.02. The van der Waals surface area contributed by atoms with E-state index in [1.54, 1.807) is 6.26 Å². The van der Waals surface area contributed by atoms with E-state index in [9.17, 15) is 4.79 Å². The smallest absolute Gasteiger partial charge is 0.293 e. The third kappa shape index (κ3) is 1.65. The molecule has 0 atom stereocenters. The molecule has 0 saturated heterocycles. The molecule has 0 bridgehead atoms. The van der Waals surface area contributed by atoms with E-state index in [-0.39, 0.29) is 6.61 Å². The minimum atomic E-state index is 0.248. The first kappa shape index (κ1) is 9.27. The Hall–Kier alpha value is -1.29. The Labute approximate surface area is 88.8 Å². The Kier molecular flexibility index (Phi) is 2.54. The third-order valence-corrected chi connectivity index (χ3v) is 2.42. The fraction of sp³-hybridized carbons (Fsp3) is 0.100. The minimum absolute atomic E-state index is 0.248. The van der Waals surface area contributed by atoms with Crippen LogP contribution in [0.1, 0.15) is 5.56 Å². The molecule has 2 rings (SSSR count). The zero-order valence-electron chi connectivity index (χ0n) is 7.20. The lowest BCUT2D eigenvalue weighted by Crippen LogP contribution is -1.87. The van der Waals surface area contributed by atoms with Gasteiger partial charge in [-0.2, -0.15) is 0 Å². The van der Waals surface area contributed by atoms with Crippen LogP contribution in [-0.4, -0.2) is 6.47 Å². The van der Waals surface area contributed by atoms with Gasteiger partial charge < -0.3 is 9.15 Å². The monoisotopic (exact) mass is 254 g/mol. The molecule has 0 N–H and O–H groups in total. The SMILES string of the molecule is O=COCc1coc2cc(Br)ccc12. The lowest BCUT2D eigenvalue weighted by molar-refractivity contribution is -0.129. The van der Waals surface area contributed by atoms with Crippen LogP contribution in [0.2, 0.25) is 0 Å². The summed E-state index contributed by atoms with van der Waals surface area (Å²) in [6.07, 6.45) is 1.60. The maximum absolute atomic E-state index is 10.0. The van der Waals surface area contributed by atoms with E-state index < -0.39 is 0 Å². The molecule has 14 heavy (non-hydrogen) atoms. The summed E-state index contributed by atoms with van der Waals surface area (Å²) in [5.74, 6) is 0. The summed E-state index contributed by atoms with van der Waals surface area (Å²) in [6, 6.07) is 5.72. The summed E-state index contributed by atoms with van der Waals surface area (Å²) in [7, 11) is 0. The number of carbonyl (C=O) groups is 1. The largest absolute Gasteiger partial charge is 0.464 e. The molecule has 0 fully saturated rings. The minimum Gasteiger partial charge on any atom is -0.464 e. The van der Waals surface area contributed by atoms with Crippen LogP contribution in [0.25, 0.3) is 11.0 Å². The van der Waals surface area contributed by atoms with Crippen LogP contribution in [0.4, 0.5) is 0 Å². The topological polar surface area (TPSA) is 39.4 Å². The molecule has 0 radical (unpaired) electrons. The van der Waals surface area contributed by atoms with Gasteiger partial charge in [0.15, 0.2) is 0 Å². The van der Waals surface area contributed by atoms with Crippen LogP contribution < -0.4 is 0 Å². The van der Waals surface area contributed by atoms with E-state index in [0.717, 1.165) is 21.0 Å². The molecule has 0 saturated carbocycles. The van der Waals surface area contributed by atoms with E-state index in [1.807, 2.05) is 18.2 Å². The van der Waals surface area contributed by atoms with Crippen molar-refractivity contribution in [1.29, 1.82) is 0 Å². The number of fused-ring (bicyclic) bond motifs is 1. The maximum atomic E-state index is 10.0. The molecular formula is C10H7BrO3. The van der Waals surface area contributed by atoms with Gasteiger partial charge in [-0.25, -0.2) is 0 Å². The van der Waals surface area contributed by atoms with Gasteiger partial charge >= 0.3 is 0 Å². The van der Waals surface area contributed by atoms with Gasteiger partial charge in [0.2, 0.25) is 0 Å². The molecule has 3 nitrogen and oxygen atoms in total. The van der Waals surface area contributed by atoms with Gasteiger partial charge in [0, 0.05) is 15.4 Å². The van der Waals surface area contributed by atoms with Crippen molar-refractivity contribution in [2.24, 2.45) is 0 Å². The van der Waals surface area contributed by atoms with E-state index in [2.05, 4.69) is 20.7 Å². The van der Waals surface area contributed by atoms with E-state index in [0.29, 0.717) is 6.47 Å². The zero-order valence-corrected chi connectivity index (χ0v) is 8.78. The molecule has 1 aromatic carbocycles. The Morgan fingerprint density at radius 2 is 2.36 bits per heavy atom. The Bertz CT molecular complexity index is 461. The highest BCUT2D eigenvalue weighted by Gasteiger charge is 2.05. The van der Waals surface area contributed by atoms with Gasteiger partial charge in [-0.15, -0.1) is 0 Å². The van der Waals surface area contributed by atoms with Crippen molar-refractivity contribution in [3.05, 3.63) is 34.5 Å². The fourth-order valence-electron chi connectivity index (χ4n) is 1.29. The lowest BCUT2D eigenvalue weighted by Gasteiger charge is -1.95. The van der Waals surface area contributed by atoms with Crippen molar-refractivity contribution in [2.75, 3.05) is 0 Å². The Morgan fingerprint density at radius 1 is 1.50 bits per heavy atom. The van der Waals surface area contributed by atoms with Crippen molar-refractivity contribution in [3.8, 4) is 0 Å². The second kappa shape index (κ2) is 3.84. The fourth-order valence-corrected chi connectivity index (χ4v) is 1.63. The second-order valence-electron chi connectivity index (χ2n) is 2.81. The third-order valence-electron chi connectivity index (χ3n) is 1.92. The van der Waals surface area contributed by atoms with Gasteiger partial charge in [0.25, 0.3) is 6.47 Å². The number of benzene rings is 1. The number of hydrogen-bond acceptors (Lipinski definition) is 3. The molecule has 0 spiro atoms. The quantitative estimate of drug-likeness (QED) is 0.791. The lowest BCUT2D eigenvalue weighted by atomic mass is 10.2. The predicted molar refractivity (Wildman–Crippen MR) is 54.8 cm³/mol. The van der Waals surface area contributed by atoms with Crippen LogP contribution >= 0.6 is 15.9 Å². The van der Waals surface area contributed by atoms with Crippen molar-refractivity contribution in [3.63, 3.8) is 0 Å². The average Bonchev–Trinajstić information content (AvgIpc) is 2.57. The summed E-state index contributed by atoms with van der Waals surface area (Å²) >= 11 is 3.35. The number of halogens is 1. The summed E-state index contributed by atoms with van der Waals surface area (Å²) in [5, 5.41) is 0.968. The van der Waals surface area contributed by atoms with Crippen molar-refractivity contribution in [2.45, 2.75) is 6.61 Å². The standard InChI is InChI=1S/C10H7BrO3/c11-8-1-2-9-7(4-13-6-12)5-14-10(9)3-8/h1-3,5-6H,4H2. The van der Waals surface area contributed by atoms with E-state index in [4.69, 9.17) is 4.42 Å². The Balaban J connectivity index is 2.42. The second-order valence-corrected chi connectivity index (χ2v) is 3.72. The highest BCUT2D eigenvalue weighted by Crippen LogP contribution is 2.24. The molecule has 0 aliphatic carbocycles. The van der Waals surface area contributed by atoms with Crippen LogP contribution in [0, 0.1) is 0 Å².